The second-order valence-electron chi connectivity index (χ2n) is 3.65. The highest BCUT2D eigenvalue weighted by atomic mass is 13.7. The Hall–Kier alpha value is -1.04. The summed E-state index contributed by atoms with van der Waals surface area (Å²) in [5.74, 6) is 0. The fraction of sp³-hybridized carbons (Fsp3) is 0.500. The maximum atomic E-state index is 3.56. The van der Waals surface area contributed by atoms with Crippen LogP contribution >= 0.6 is 0 Å². The van der Waals surface area contributed by atoms with Crippen LogP contribution in [0.15, 0.2) is 48.6 Å². The van der Waals surface area contributed by atoms with Gasteiger partial charge in [0.15, 0.2) is 0 Å². The quantitative estimate of drug-likeness (QED) is 0.422. The van der Waals surface area contributed by atoms with Crippen LogP contribution in [0.1, 0.15) is 55.4 Å². The first-order valence-corrected chi connectivity index (χ1v) is 5.69. The predicted molar refractivity (Wildman–Crippen MR) is 82.0 cm³/mol. The molecule has 16 heavy (non-hydrogen) atoms. The molecule has 0 heteroatoms. The van der Waals surface area contributed by atoms with E-state index in [1.165, 1.54) is 11.1 Å². The first-order chi connectivity index (χ1) is 7.33. The van der Waals surface area contributed by atoms with Crippen LogP contribution in [0, 0.1) is 0 Å². The molecule has 0 aromatic carbocycles. The maximum Gasteiger partial charge on any atom is -0.0442 e. The minimum atomic E-state index is 1.17. The standard InChI is InChI=1S/C5H10.2C4H8.C3H6/c1-4-5(2)3;1-4(2)3;1-3-4-2;1-3-2/h4H,1-3H3;1H2,2-3H3;3-4H,1-2H3;3H,1H2,2H3. The number of allylic oxidation sites excluding steroid dienone is 6. The second kappa shape index (κ2) is 29.2. The zero-order chi connectivity index (χ0) is 14.0. The van der Waals surface area contributed by atoms with Gasteiger partial charge in [0, 0.05) is 0 Å². The fourth-order valence-corrected chi connectivity index (χ4v) is 0. The molecule has 0 aromatic rings. The van der Waals surface area contributed by atoms with Crippen LogP contribution in [0.4, 0.5) is 0 Å². The molecular weight excluding hydrogens is 192 g/mol. The summed E-state index contributed by atoms with van der Waals surface area (Å²) in [6.45, 7) is 23.0. The van der Waals surface area contributed by atoms with Gasteiger partial charge in [-0.3, -0.25) is 0 Å². The van der Waals surface area contributed by atoms with Gasteiger partial charge in [0.25, 0.3) is 0 Å². The third kappa shape index (κ3) is 483. The third-order valence-corrected chi connectivity index (χ3v) is 0.911. The molecule has 0 aliphatic rings. The highest BCUT2D eigenvalue weighted by Gasteiger charge is 1.60. The molecule has 0 radical (unpaired) electrons. The lowest BCUT2D eigenvalue weighted by molar-refractivity contribution is 1.36. The molecule has 0 saturated carbocycles. The summed E-state index contributed by atoms with van der Waals surface area (Å²) in [6, 6.07) is 0. The van der Waals surface area contributed by atoms with Crippen LogP contribution in [-0.4, -0.2) is 0 Å². The second-order valence-corrected chi connectivity index (χ2v) is 3.65. The van der Waals surface area contributed by atoms with Crippen LogP contribution in [-0.2, 0) is 0 Å². The summed E-state index contributed by atoms with van der Waals surface area (Å²) in [5.41, 5.74) is 2.55. The van der Waals surface area contributed by atoms with Crippen molar-refractivity contribution in [2.24, 2.45) is 0 Å². The van der Waals surface area contributed by atoms with Gasteiger partial charge < -0.3 is 0 Å². The van der Waals surface area contributed by atoms with Crippen molar-refractivity contribution in [2.75, 3.05) is 0 Å². The Morgan fingerprint density at radius 1 is 0.812 bits per heavy atom. The van der Waals surface area contributed by atoms with Gasteiger partial charge >= 0.3 is 0 Å². The van der Waals surface area contributed by atoms with E-state index in [0.717, 1.165) is 0 Å². The summed E-state index contributed by atoms with van der Waals surface area (Å²) in [7, 11) is 0. The van der Waals surface area contributed by atoms with E-state index >= 15 is 0 Å². The molecule has 0 unspecified atom stereocenters. The molecule has 0 aliphatic heterocycles. The van der Waals surface area contributed by atoms with Crippen LogP contribution in [0.25, 0.3) is 0 Å². The topological polar surface area (TPSA) is 0 Å². The van der Waals surface area contributed by atoms with Gasteiger partial charge in [0.1, 0.15) is 0 Å². The van der Waals surface area contributed by atoms with Crippen LogP contribution < -0.4 is 0 Å². The van der Waals surface area contributed by atoms with Gasteiger partial charge in [-0.15, -0.1) is 13.2 Å². The van der Waals surface area contributed by atoms with Crippen molar-refractivity contribution < 1.29 is 0 Å². The van der Waals surface area contributed by atoms with E-state index in [-0.39, 0.29) is 0 Å². The number of rotatable bonds is 0. The van der Waals surface area contributed by atoms with E-state index in [1.54, 1.807) is 6.08 Å². The Morgan fingerprint density at radius 2 is 0.938 bits per heavy atom. The highest BCUT2D eigenvalue weighted by molar-refractivity contribution is 4.88. The van der Waals surface area contributed by atoms with Crippen LogP contribution in [0.5, 0.6) is 0 Å². The summed E-state index contributed by atoms with van der Waals surface area (Å²) in [5, 5.41) is 0. The molecule has 0 nitrogen and oxygen atoms in total. The lowest BCUT2D eigenvalue weighted by Crippen LogP contribution is -1.52. The Bertz CT molecular complexity index is 168. The zero-order valence-corrected chi connectivity index (χ0v) is 12.7. The third-order valence-electron chi connectivity index (χ3n) is 0.911. The lowest BCUT2D eigenvalue weighted by Gasteiger charge is -1.74. The van der Waals surface area contributed by atoms with Crippen molar-refractivity contribution in [3.8, 4) is 0 Å². The minimum Gasteiger partial charge on any atom is -0.103 e. The van der Waals surface area contributed by atoms with Crippen LogP contribution in [0.3, 0.4) is 0 Å². The van der Waals surface area contributed by atoms with Crippen molar-refractivity contribution in [3.05, 3.63) is 48.6 Å². The van der Waals surface area contributed by atoms with Gasteiger partial charge in [-0.05, 0) is 55.4 Å². The van der Waals surface area contributed by atoms with E-state index in [4.69, 9.17) is 0 Å². The largest absolute Gasteiger partial charge is 0.103 e. The molecule has 0 fully saturated rings. The van der Waals surface area contributed by atoms with E-state index in [0.29, 0.717) is 0 Å². The lowest BCUT2D eigenvalue weighted by atomic mass is 10.3. The summed E-state index contributed by atoms with van der Waals surface area (Å²) >= 11 is 0. The zero-order valence-electron chi connectivity index (χ0n) is 12.7. The Morgan fingerprint density at radius 3 is 0.938 bits per heavy atom. The molecule has 0 saturated heterocycles. The molecule has 0 aliphatic carbocycles. The van der Waals surface area contributed by atoms with E-state index < -0.39 is 0 Å². The molecule has 0 atom stereocenters. The molecule has 0 bridgehead atoms. The van der Waals surface area contributed by atoms with Gasteiger partial charge in [0.2, 0.25) is 0 Å². The SMILES string of the molecule is C=C(C)C.C=CC.CC=C(C)C.CC=CC. The highest BCUT2D eigenvalue weighted by Crippen LogP contribution is 1.82. The molecule has 0 N–H and O–H groups in total. The van der Waals surface area contributed by atoms with Gasteiger partial charge in [0.05, 0.1) is 0 Å². The molecule has 0 rings (SSSR count). The summed E-state index contributed by atoms with van der Waals surface area (Å²) in [6.07, 6.45) is 7.83. The van der Waals surface area contributed by atoms with Crippen LogP contribution in [0.2, 0.25) is 0 Å². The predicted octanol–water partition coefficient (Wildman–Crippen LogP) is 6.33. The average Bonchev–Trinajstić information content (AvgIpc) is 2.18. The molecule has 0 amide bonds. The number of hydrogen-bond donors (Lipinski definition) is 0. The summed E-state index contributed by atoms with van der Waals surface area (Å²) < 4.78 is 0. The fourth-order valence-electron chi connectivity index (χ4n) is 0. The Balaban J connectivity index is -0.0000000610. The normalized spacial score (nSPS) is 7.00. The maximum absolute atomic E-state index is 3.56. The molecule has 0 heterocycles. The van der Waals surface area contributed by atoms with E-state index in [2.05, 4.69) is 33.1 Å². The molecule has 0 aromatic heterocycles. The number of hydrogen-bond acceptors (Lipinski definition) is 0. The molecular formula is C16H32. The van der Waals surface area contributed by atoms with Gasteiger partial charge in [-0.2, -0.15) is 0 Å². The van der Waals surface area contributed by atoms with Crippen molar-refractivity contribution in [1.82, 2.24) is 0 Å². The van der Waals surface area contributed by atoms with E-state index in [1.807, 2.05) is 53.7 Å². The van der Waals surface area contributed by atoms with Crippen molar-refractivity contribution in [2.45, 2.75) is 55.4 Å². The Labute approximate surface area is 104 Å². The smallest absolute Gasteiger partial charge is 0.0442 e. The minimum absolute atomic E-state index is 1.17. The van der Waals surface area contributed by atoms with E-state index in [9.17, 15) is 0 Å². The van der Waals surface area contributed by atoms with Crippen molar-refractivity contribution in [3.63, 3.8) is 0 Å². The van der Waals surface area contributed by atoms with Gasteiger partial charge in [-0.1, -0.05) is 35.5 Å². The first-order valence-electron chi connectivity index (χ1n) is 5.69. The molecule has 0 spiro atoms. The Kier molecular flexibility index (Phi) is 44.3. The monoisotopic (exact) mass is 224 g/mol. The average molecular weight is 224 g/mol. The van der Waals surface area contributed by atoms with Crippen molar-refractivity contribution >= 4 is 0 Å². The summed E-state index contributed by atoms with van der Waals surface area (Å²) in [4.78, 5) is 0. The van der Waals surface area contributed by atoms with Crippen molar-refractivity contribution in [1.29, 1.82) is 0 Å². The van der Waals surface area contributed by atoms with Gasteiger partial charge in [-0.25, -0.2) is 0 Å². The first kappa shape index (κ1) is 24.3. The molecule has 96 valence electrons.